The van der Waals surface area contributed by atoms with Crippen molar-refractivity contribution in [1.82, 2.24) is 15.7 Å². The van der Waals surface area contributed by atoms with Crippen LogP contribution in [0.5, 0.6) is 0 Å². The molecule has 0 radical (unpaired) electrons. The van der Waals surface area contributed by atoms with Crippen LogP contribution in [0.4, 0.5) is 0 Å². The van der Waals surface area contributed by atoms with Gasteiger partial charge in [-0.25, -0.2) is 10.3 Å². The third kappa shape index (κ3) is 8.36. The SMILES string of the molecule is CNC(=O)[C@@](C)(C(=O)NOC1CCCCO1)N(C)C(=O)c1ccc(C#Cc2ccc(COC(CO)OC)cc2)cc1. The third-order valence-corrected chi connectivity index (χ3v) is 6.79. The molecule has 0 saturated carbocycles. The Bertz CT molecular complexity index is 1230. The molecular weight excluding hydrogens is 530 g/mol. The predicted octanol–water partition coefficient (Wildman–Crippen LogP) is 1.72. The van der Waals surface area contributed by atoms with Gasteiger partial charge in [0.2, 0.25) is 0 Å². The zero-order valence-electron chi connectivity index (χ0n) is 23.8. The summed E-state index contributed by atoms with van der Waals surface area (Å²) in [5.74, 6) is 4.12. The lowest BCUT2D eigenvalue weighted by atomic mass is 9.96. The molecule has 3 atom stereocenters. The number of carbonyl (C=O) groups is 3. The summed E-state index contributed by atoms with van der Waals surface area (Å²) in [5.41, 5.74) is 3.05. The van der Waals surface area contributed by atoms with E-state index in [-0.39, 0.29) is 12.2 Å². The fraction of sp³-hybridized carbons (Fsp3) is 0.433. The topological polar surface area (TPSA) is 136 Å². The Morgan fingerprint density at radius 1 is 1.07 bits per heavy atom. The van der Waals surface area contributed by atoms with Crippen LogP contribution in [-0.4, -0.2) is 80.3 Å². The minimum Gasteiger partial charge on any atom is -0.391 e. The average Bonchev–Trinajstić information content (AvgIpc) is 3.02. The largest absolute Gasteiger partial charge is 0.391 e. The number of hydrogen-bond acceptors (Lipinski definition) is 8. The van der Waals surface area contributed by atoms with Crippen LogP contribution in [0.1, 0.15) is 53.2 Å². The van der Waals surface area contributed by atoms with E-state index in [2.05, 4.69) is 22.6 Å². The predicted molar refractivity (Wildman–Crippen MR) is 149 cm³/mol. The summed E-state index contributed by atoms with van der Waals surface area (Å²) in [4.78, 5) is 45.6. The van der Waals surface area contributed by atoms with Gasteiger partial charge in [0.15, 0.2) is 18.1 Å². The van der Waals surface area contributed by atoms with Gasteiger partial charge in [-0.15, -0.1) is 0 Å². The minimum atomic E-state index is -1.89. The fourth-order valence-corrected chi connectivity index (χ4v) is 3.98. The lowest BCUT2D eigenvalue weighted by molar-refractivity contribution is -0.204. The zero-order chi connectivity index (χ0) is 29.8. The lowest BCUT2D eigenvalue weighted by Gasteiger charge is -2.36. The van der Waals surface area contributed by atoms with Gasteiger partial charge < -0.3 is 29.5 Å². The number of likely N-dealkylation sites (N-methyl/N-ethyl adjacent to an activating group) is 2. The highest BCUT2D eigenvalue weighted by atomic mass is 16.8. The van der Waals surface area contributed by atoms with Gasteiger partial charge in [0.1, 0.15) is 0 Å². The number of hydrogen-bond donors (Lipinski definition) is 3. The number of hydroxylamine groups is 1. The molecule has 2 aromatic rings. The lowest BCUT2D eigenvalue weighted by Crippen LogP contribution is -2.65. The summed E-state index contributed by atoms with van der Waals surface area (Å²) >= 11 is 0. The summed E-state index contributed by atoms with van der Waals surface area (Å²) in [6.07, 6.45) is 1.15. The maximum Gasteiger partial charge on any atom is 0.279 e. The van der Waals surface area contributed by atoms with Crippen LogP contribution in [0.3, 0.4) is 0 Å². The van der Waals surface area contributed by atoms with E-state index in [4.69, 9.17) is 24.2 Å². The van der Waals surface area contributed by atoms with Crippen LogP contribution in [0.15, 0.2) is 48.5 Å². The van der Waals surface area contributed by atoms with E-state index in [1.807, 2.05) is 24.3 Å². The standard InChI is InChI=1S/C30H37N3O8/c1-30(28(36)31-2,29(37)32-41-25-7-5-6-18-39-25)33(3)27(35)24-16-14-22(15-17-24)9-8-21-10-12-23(13-11-21)20-40-26(19-34)38-4/h10-17,25-26,34H,5-7,18-20H2,1-4H3,(H,31,36)(H,32,37)/t25?,26?,30-/m0/s1. The van der Waals surface area contributed by atoms with Crippen LogP contribution in [0.2, 0.25) is 0 Å². The van der Waals surface area contributed by atoms with Crippen molar-refractivity contribution in [3.8, 4) is 11.8 Å². The van der Waals surface area contributed by atoms with Crippen molar-refractivity contribution in [3.63, 3.8) is 0 Å². The van der Waals surface area contributed by atoms with Gasteiger partial charge in [-0.05, 0) is 61.7 Å². The van der Waals surface area contributed by atoms with Gasteiger partial charge >= 0.3 is 0 Å². The molecule has 2 unspecified atom stereocenters. The first kappa shape index (κ1) is 31.7. The summed E-state index contributed by atoms with van der Waals surface area (Å²) in [6.45, 7) is 1.94. The van der Waals surface area contributed by atoms with Crippen molar-refractivity contribution in [2.75, 3.05) is 34.4 Å². The number of methoxy groups -OCH3 is 1. The second-order valence-corrected chi connectivity index (χ2v) is 9.54. The summed E-state index contributed by atoms with van der Waals surface area (Å²) in [6, 6.07) is 14.0. The van der Waals surface area contributed by atoms with E-state index < -0.39 is 35.8 Å². The molecule has 0 bridgehead atoms. The molecule has 11 heteroatoms. The van der Waals surface area contributed by atoms with Crippen LogP contribution < -0.4 is 10.8 Å². The number of aliphatic hydroxyl groups is 1. The molecule has 11 nitrogen and oxygen atoms in total. The monoisotopic (exact) mass is 567 g/mol. The molecule has 1 aliphatic rings. The molecule has 1 fully saturated rings. The Morgan fingerprint density at radius 3 is 2.24 bits per heavy atom. The van der Waals surface area contributed by atoms with E-state index in [1.54, 1.807) is 24.3 Å². The van der Waals surface area contributed by atoms with Crippen LogP contribution >= 0.6 is 0 Å². The highest BCUT2D eigenvalue weighted by Crippen LogP contribution is 2.20. The quantitative estimate of drug-likeness (QED) is 0.162. The van der Waals surface area contributed by atoms with Gasteiger partial charge in [-0.1, -0.05) is 24.0 Å². The van der Waals surface area contributed by atoms with Crippen LogP contribution in [0, 0.1) is 11.8 Å². The Labute approximate surface area is 240 Å². The Balaban J connectivity index is 1.65. The molecule has 0 aromatic heterocycles. The van der Waals surface area contributed by atoms with Crippen molar-refractivity contribution in [1.29, 1.82) is 0 Å². The van der Waals surface area contributed by atoms with Gasteiger partial charge in [0, 0.05) is 50.9 Å². The van der Waals surface area contributed by atoms with Crippen molar-refractivity contribution in [3.05, 3.63) is 70.8 Å². The third-order valence-electron chi connectivity index (χ3n) is 6.79. The van der Waals surface area contributed by atoms with Crippen molar-refractivity contribution >= 4 is 17.7 Å². The number of benzene rings is 2. The molecular formula is C30H37N3O8. The molecule has 1 heterocycles. The van der Waals surface area contributed by atoms with E-state index in [0.717, 1.165) is 28.9 Å². The molecule has 3 amide bonds. The number of ether oxygens (including phenoxy) is 3. The minimum absolute atomic E-state index is 0.228. The molecule has 41 heavy (non-hydrogen) atoms. The number of nitrogens with zero attached hydrogens (tertiary/aromatic N) is 1. The second kappa shape index (κ2) is 15.3. The van der Waals surface area contributed by atoms with Gasteiger partial charge in [0.25, 0.3) is 17.7 Å². The molecule has 0 aliphatic carbocycles. The zero-order valence-corrected chi connectivity index (χ0v) is 23.8. The van der Waals surface area contributed by atoms with E-state index in [9.17, 15) is 14.4 Å². The smallest absolute Gasteiger partial charge is 0.279 e. The summed E-state index contributed by atoms with van der Waals surface area (Å²) < 4.78 is 15.9. The first-order valence-electron chi connectivity index (χ1n) is 13.3. The van der Waals surface area contributed by atoms with Gasteiger partial charge in [-0.3, -0.25) is 14.4 Å². The van der Waals surface area contributed by atoms with Crippen molar-refractivity contribution < 1.29 is 38.5 Å². The highest BCUT2D eigenvalue weighted by Gasteiger charge is 2.47. The number of rotatable bonds is 11. The Morgan fingerprint density at radius 2 is 1.71 bits per heavy atom. The molecule has 220 valence electrons. The first-order chi connectivity index (χ1) is 19.7. The molecule has 1 saturated heterocycles. The molecule has 3 N–H and O–H groups in total. The van der Waals surface area contributed by atoms with E-state index in [1.165, 1.54) is 28.1 Å². The maximum absolute atomic E-state index is 13.3. The molecule has 2 aromatic carbocycles. The Kier molecular flexibility index (Phi) is 11.8. The highest BCUT2D eigenvalue weighted by molar-refractivity contribution is 6.12. The van der Waals surface area contributed by atoms with Gasteiger partial charge in [0.05, 0.1) is 13.2 Å². The van der Waals surface area contributed by atoms with Crippen LogP contribution in [0.25, 0.3) is 0 Å². The fourth-order valence-electron chi connectivity index (χ4n) is 3.98. The van der Waals surface area contributed by atoms with Crippen LogP contribution in [-0.2, 0) is 35.2 Å². The van der Waals surface area contributed by atoms with E-state index >= 15 is 0 Å². The Hall–Kier alpha value is -3.79. The molecule has 1 aliphatic heterocycles. The summed E-state index contributed by atoms with van der Waals surface area (Å²) in [5, 5.41) is 11.6. The normalized spacial score (nSPS) is 16.9. The maximum atomic E-state index is 13.3. The summed E-state index contributed by atoms with van der Waals surface area (Å²) in [7, 11) is 4.24. The van der Waals surface area contributed by atoms with E-state index in [0.29, 0.717) is 25.2 Å². The number of carbonyl (C=O) groups excluding carboxylic acids is 3. The van der Waals surface area contributed by atoms with Gasteiger partial charge in [-0.2, -0.15) is 0 Å². The number of aliphatic hydroxyl groups excluding tert-OH is 1. The second-order valence-electron chi connectivity index (χ2n) is 9.54. The first-order valence-corrected chi connectivity index (χ1v) is 13.3. The number of amides is 3. The average molecular weight is 568 g/mol. The number of nitrogens with one attached hydrogen (secondary N) is 2. The molecule has 0 spiro atoms. The van der Waals surface area contributed by atoms with Crippen molar-refractivity contribution in [2.45, 2.75) is 50.9 Å². The molecule has 3 rings (SSSR count). The van der Waals surface area contributed by atoms with Crippen molar-refractivity contribution in [2.24, 2.45) is 0 Å².